The highest BCUT2D eigenvalue weighted by Gasteiger charge is 2.34. The Bertz CT molecular complexity index is 1520. The minimum atomic E-state index is -0.304. The molecule has 0 unspecified atom stereocenters. The molecule has 1 saturated heterocycles. The second-order valence-electron chi connectivity index (χ2n) is 8.61. The number of amidine groups is 1. The molecule has 5 rings (SSSR count). The van der Waals surface area contributed by atoms with Gasteiger partial charge in [-0.1, -0.05) is 48.5 Å². The van der Waals surface area contributed by atoms with Crippen LogP contribution in [-0.2, 0) is 27.4 Å². The highest BCUT2D eigenvalue weighted by atomic mass is 32.2. The van der Waals surface area contributed by atoms with Crippen molar-refractivity contribution in [3.05, 3.63) is 101 Å². The fourth-order valence-corrected chi connectivity index (χ4v) is 5.25. The van der Waals surface area contributed by atoms with Crippen LogP contribution in [0.25, 0.3) is 17.0 Å². The van der Waals surface area contributed by atoms with E-state index in [1.165, 1.54) is 11.8 Å². The van der Waals surface area contributed by atoms with Gasteiger partial charge in [0.05, 0.1) is 30.9 Å². The summed E-state index contributed by atoms with van der Waals surface area (Å²) >= 11 is 1.35. The molecule has 0 aliphatic carbocycles. The quantitative estimate of drug-likeness (QED) is 0.208. The molecule has 0 atom stereocenters. The number of carbonyl (C=O) groups excluding carboxylic acids is 2. The van der Waals surface area contributed by atoms with E-state index >= 15 is 0 Å². The summed E-state index contributed by atoms with van der Waals surface area (Å²) in [5, 5.41) is 1.56. The first-order valence-corrected chi connectivity index (χ1v) is 13.1. The number of amides is 1. The molecule has 2 heterocycles. The Hall–Kier alpha value is -4.30. The number of thioether (sulfide) groups is 1. The number of aliphatic imine (C=N–C) groups is 1. The number of nitrogens with zero attached hydrogens (tertiary/aromatic N) is 3. The number of hydrogen-bond acceptors (Lipinski definition) is 6. The summed E-state index contributed by atoms with van der Waals surface area (Å²) < 4.78 is 12.3. The van der Waals surface area contributed by atoms with E-state index in [-0.39, 0.29) is 18.4 Å². The van der Waals surface area contributed by atoms with Crippen LogP contribution in [0.3, 0.4) is 0 Å². The van der Waals surface area contributed by atoms with E-state index in [1.54, 1.807) is 18.9 Å². The Morgan fingerprint density at radius 3 is 2.47 bits per heavy atom. The van der Waals surface area contributed by atoms with Gasteiger partial charge in [-0.3, -0.25) is 14.5 Å². The lowest BCUT2D eigenvalue weighted by atomic mass is 10.1. The second-order valence-corrected chi connectivity index (χ2v) is 9.62. The monoisotopic (exact) mass is 525 g/mol. The number of methoxy groups -OCH3 is 1. The zero-order chi connectivity index (χ0) is 26.5. The van der Waals surface area contributed by atoms with Crippen molar-refractivity contribution in [1.29, 1.82) is 0 Å². The average molecular weight is 526 g/mol. The molecule has 7 nitrogen and oxygen atoms in total. The fraction of sp³-hybridized carbons (Fsp3) is 0.167. The van der Waals surface area contributed by atoms with Crippen LogP contribution in [0.4, 0.5) is 5.69 Å². The van der Waals surface area contributed by atoms with E-state index in [9.17, 15) is 9.59 Å². The van der Waals surface area contributed by atoms with Gasteiger partial charge in [0.25, 0.3) is 5.91 Å². The van der Waals surface area contributed by atoms with E-state index in [0.29, 0.717) is 23.2 Å². The van der Waals surface area contributed by atoms with Gasteiger partial charge >= 0.3 is 5.97 Å². The Labute approximate surface area is 225 Å². The van der Waals surface area contributed by atoms with E-state index in [2.05, 4.69) is 0 Å². The zero-order valence-electron chi connectivity index (χ0n) is 21.2. The molecule has 3 aromatic carbocycles. The third-order valence-corrected chi connectivity index (χ3v) is 7.09. The summed E-state index contributed by atoms with van der Waals surface area (Å²) in [4.78, 5) is 32.9. The maximum atomic E-state index is 13.7. The molecule has 1 amide bonds. The van der Waals surface area contributed by atoms with Gasteiger partial charge in [0.15, 0.2) is 5.17 Å². The van der Waals surface area contributed by atoms with Gasteiger partial charge < -0.3 is 14.0 Å². The van der Waals surface area contributed by atoms with Crippen LogP contribution in [0, 0.1) is 0 Å². The highest BCUT2D eigenvalue weighted by Crippen LogP contribution is 2.36. The number of ether oxygens (including phenoxy) is 2. The lowest BCUT2D eigenvalue weighted by molar-refractivity contribution is -0.143. The molecule has 0 bridgehead atoms. The Morgan fingerprint density at radius 1 is 1.00 bits per heavy atom. The molecule has 0 N–H and O–H groups in total. The van der Waals surface area contributed by atoms with Crippen LogP contribution in [0.15, 0.2) is 95.0 Å². The van der Waals surface area contributed by atoms with Gasteiger partial charge in [-0.15, -0.1) is 0 Å². The summed E-state index contributed by atoms with van der Waals surface area (Å²) in [6.45, 7) is 2.59. The number of aromatic nitrogens is 1. The maximum Gasteiger partial charge on any atom is 0.325 e. The van der Waals surface area contributed by atoms with Crippen molar-refractivity contribution in [2.24, 2.45) is 4.99 Å². The Kier molecular flexibility index (Phi) is 7.60. The number of carbonyl (C=O) groups is 2. The van der Waals surface area contributed by atoms with Gasteiger partial charge in [-0.2, -0.15) is 0 Å². The summed E-state index contributed by atoms with van der Waals surface area (Å²) in [6, 6.07) is 25.1. The first-order chi connectivity index (χ1) is 18.6. The molecular weight excluding hydrogens is 498 g/mol. The van der Waals surface area contributed by atoms with Crippen molar-refractivity contribution in [2.75, 3.05) is 13.7 Å². The van der Waals surface area contributed by atoms with Crippen molar-refractivity contribution >= 4 is 51.5 Å². The van der Waals surface area contributed by atoms with E-state index < -0.39 is 0 Å². The number of rotatable bonds is 8. The number of esters is 1. The first-order valence-electron chi connectivity index (χ1n) is 12.3. The molecule has 1 aliphatic heterocycles. The summed E-state index contributed by atoms with van der Waals surface area (Å²) in [5.41, 5.74) is 3.49. The van der Waals surface area contributed by atoms with Crippen LogP contribution in [0.2, 0.25) is 0 Å². The molecule has 1 aromatic heterocycles. The number of para-hydroxylation sites is 2. The normalized spacial score (nSPS) is 15.5. The standard InChI is InChI=1S/C30H27N3O4S/c1-3-37-28(34)20-32-19-22(25-11-7-8-12-26(25)32)17-27-29(35)33(18-21-13-15-24(36-2)16-14-21)30(38-27)31-23-9-5-4-6-10-23/h4-17,19H,3,18,20H2,1-2H3/b27-17-,31-30?. The van der Waals surface area contributed by atoms with Gasteiger partial charge in [-0.25, -0.2) is 4.99 Å². The maximum absolute atomic E-state index is 13.7. The zero-order valence-corrected chi connectivity index (χ0v) is 22.0. The topological polar surface area (TPSA) is 73.1 Å². The Balaban J connectivity index is 1.51. The molecule has 1 aliphatic rings. The van der Waals surface area contributed by atoms with E-state index in [1.807, 2.05) is 95.7 Å². The SMILES string of the molecule is CCOC(=O)Cn1cc(/C=C2\SC(=Nc3ccccc3)N(Cc3ccc(OC)cc3)C2=O)c2ccccc21. The lowest BCUT2D eigenvalue weighted by Gasteiger charge is -2.16. The van der Waals surface area contributed by atoms with Crippen LogP contribution in [-0.4, -0.2) is 40.2 Å². The Morgan fingerprint density at radius 2 is 1.74 bits per heavy atom. The van der Waals surface area contributed by atoms with Crippen molar-refractivity contribution < 1.29 is 19.1 Å². The second kappa shape index (κ2) is 11.4. The number of hydrogen-bond donors (Lipinski definition) is 0. The first kappa shape index (κ1) is 25.4. The van der Waals surface area contributed by atoms with E-state index in [4.69, 9.17) is 14.5 Å². The highest BCUT2D eigenvalue weighted by molar-refractivity contribution is 8.18. The summed E-state index contributed by atoms with van der Waals surface area (Å²) in [5.74, 6) is 0.332. The molecule has 192 valence electrons. The number of benzene rings is 3. The third-order valence-electron chi connectivity index (χ3n) is 6.08. The van der Waals surface area contributed by atoms with Gasteiger partial charge in [0.1, 0.15) is 12.3 Å². The number of fused-ring (bicyclic) bond motifs is 1. The van der Waals surface area contributed by atoms with Crippen molar-refractivity contribution in [1.82, 2.24) is 9.47 Å². The predicted octanol–water partition coefficient (Wildman–Crippen LogP) is 6.02. The molecule has 0 radical (unpaired) electrons. The van der Waals surface area contributed by atoms with Crippen LogP contribution in [0.1, 0.15) is 18.1 Å². The third kappa shape index (κ3) is 5.50. The lowest BCUT2D eigenvalue weighted by Crippen LogP contribution is -2.28. The minimum Gasteiger partial charge on any atom is -0.497 e. The van der Waals surface area contributed by atoms with Crippen molar-refractivity contribution in [3.8, 4) is 5.75 Å². The average Bonchev–Trinajstić information content (AvgIpc) is 3.42. The smallest absolute Gasteiger partial charge is 0.325 e. The van der Waals surface area contributed by atoms with Crippen molar-refractivity contribution in [2.45, 2.75) is 20.0 Å². The predicted molar refractivity (Wildman–Crippen MR) is 151 cm³/mol. The molecule has 0 spiro atoms. The van der Waals surface area contributed by atoms with Crippen LogP contribution < -0.4 is 4.74 Å². The van der Waals surface area contributed by atoms with Gasteiger partial charge in [-0.05, 0) is 60.7 Å². The molecule has 38 heavy (non-hydrogen) atoms. The molecular formula is C30H27N3O4S. The molecule has 0 saturated carbocycles. The summed E-state index contributed by atoms with van der Waals surface area (Å²) in [7, 11) is 1.63. The van der Waals surface area contributed by atoms with Crippen LogP contribution >= 0.6 is 11.8 Å². The minimum absolute atomic E-state index is 0.100. The van der Waals surface area contributed by atoms with Crippen LogP contribution in [0.5, 0.6) is 5.75 Å². The molecule has 1 fully saturated rings. The van der Waals surface area contributed by atoms with Gasteiger partial charge in [0.2, 0.25) is 0 Å². The van der Waals surface area contributed by atoms with Crippen molar-refractivity contribution in [3.63, 3.8) is 0 Å². The fourth-order valence-electron chi connectivity index (χ4n) is 4.27. The van der Waals surface area contributed by atoms with E-state index in [0.717, 1.165) is 33.5 Å². The molecule has 4 aromatic rings. The molecule has 8 heteroatoms. The largest absolute Gasteiger partial charge is 0.497 e. The summed E-state index contributed by atoms with van der Waals surface area (Å²) in [6.07, 6.45) is 3.77. The van der Waals surface area contributed by atoms with Gasteiger partial charge in [0, 0.05) is 22.7 Å².